The molecule has 2 aromatic carbocycles. The Morgan fingerprint density at radius 2 is 1.92 bits per heavy atom. The van der Waals surface area contributed by atoms with Gasteiger partial charge in [-0.15, -0.1) is 11.8 Å². The van der Waals surface area contributed by atoms with Crippen LogP contribution in [0.25, 0.3) is 0 Å². The quantitative estimate of drug-likeness (QED) is 0.722. The molecule has 2 aliphatic heterocycles. The number of urea groups is 1. The summed E-state index contributed by atoms with van der Waals surface area (Å²) < 4.78 is 5.92. The number of hydrogen-bond acceptors (Lipinski definition) is 4. The number of benzene rings is 2. The summed E-state index contributed by atoms with van der Waals surface area (Å²) in [5, 5.41) is 4.07. The first kappa shape index (κ1) is 15.3. The lowest BCUT2D eigenvalue weighted by molar-refractivity contribution is 0.244. The fourth-order valence-electron chi connectivity index (χ4n) is 3.33. The van der Waals surface area contributed by atoms with Crippen LogP contribution in [0.3, 0.4) is 0 Å². The monoisotopic (exact) mass is 361 g/mol. The summed E-state index contributed by atoms with van der Waals surface area (Å²) >= 11 is 1.68. The van der Waals surface area contributed by atoms with Gasteiger partial charge in [0.25, 0.3) is 0 Å². The van der Waals surface area contributed by atoms with Crippen LogP contribution in [0.2, 0.25) is 0 Å². The third-order valence-corrected chi connectivity index (χ3v) is 5.56. The van der Waals surface area contributed by atoms with Gasteiger partial charge in [-0.3, -0.25) is 4.90 Å². The third kappa shape index (κ3) is 2.50. The molecule has 0 spiro atoms. The lowest BCUT2D eigenvalue weighted by Crippen LogP contribution is -2.44. The Labute approximate surface area is 155 Å². The van der Waals surface area contributed by atoms with E-state index >= 15 is 0 Å². The summed E-state index contributed by atoms with van der Waals surface area (Å²) in [7, 11) is 0. The first-order valence-electron chi connectivity index (χ1n) is 8.35. The molecule has 5 nitrogen and oxygen atoms in total. The van der Waals surface area contributed by atoms with E-state index in [1.165, 1.54) is 0 Å². The van der Waals surface area contributed by atoms with E-state index in [0.29, 0.717) is 5.75 Å². The Hall–Kier alpha value is -2.99. The zero-order valence-corrected chi connectivity index (χ0v) is 14.6. The molecular weight excluding hydrogens is 346 g/mol. The van der Waals surface area contributed by atoms with Gasteiger partial charge in [-0.05, 0) is 30.3 Å². The number of nitrogens with one attached hydrogen (secondary N) is 1. The number of carbonyl (C=O) groups excluding carboxylic acids is 1. The maximum Gasteiger partial charge on any atom is 0.327 e. The summed E-state index contributed by atoms with van der Waals surface area (Å²) in [4.78, 5) is 18.9. The van der Waals surface area contributed by atoms with Crippen molar-refractivity contribution in [2.45, 2.75) is 11.1 Å². The lowest BCUT2D eigenvalue weighted by atomic mass is 10.1. The van der Waals surface area contributed by atoms with Crippen molar-refractivity contribution in [3.05, 3.63) is 72.4 Å². The maximum absolute atomic E-state index is 12.8. The first-order chi connectivity index (χ1) is 12.8. The highest BCUT2D eigenvalue weighted by Crippen LogP contribution is 2.46. The summed E-state index contributed by atoms with van der Waals surface area (Å²) in [6.45, 7) is 0. The molecule has 5 rings (SSSR count). The van der Waals surface area contributed by atoms with Gasteiger partial charge in [0.15, 0.2) is 0 Å². The number of anilines is 2. The number of ether oxygens (including phenoxy) is 1. The largest absolute Gasteiger partial charge is 0.457 e. The van der Waals surface area contributed by atoms with Crippen molar-refractivity contribution in [3.8, 4) is 11.5 Å². The molecule has 0 bridgehead atoms. The fraction of sp³-hybridized carbons (Fsp3) is 0.100. The van der Waals surface area contributed by atoms with Gasteiger partial charge >= 0.3 is 6.03 Å². The van der Waals surface area contributed by atoms with Gasteiger partial charge in [-0.2, -0.15) is 0 Å². The Morgan fingerprint density at radius 3 is 2.81 bits per heavy atom. The second-order valence-electron chi connectivity index (χ2n) is 6.11. The molecule has 1 N–H and O–H groups in total. The van der Waals surface area contributed by atoms with Crippen molar-refractivity contribution >= 4 is 29.2 Å². The number of carbonyl (C=O) groups is 1. The van der Waals surface area contributed by atoms with E-state index in [9.17, 15) is 4.79 Å². The molecule has 26 heavy (non-hydrogen) atoms. The van der Waals surface area contributed by atoms with Crippen LogP contribution in [-0.2, 0) is 0 Å². The molecule has 0 saturated carbocycles. The van der Waals surface area contributed by atoms with Gasteiger partial charge in [0.05, 0.1) is 17.4 Å². The number of pyridine rings is 1. The van der Waals surface area contributed by atoms with Crippen molar-refractivity contribution in [1.29, 1.82) is 0 Å². The molecule has 3 aromatic rings. The number of rotatable bonds is 3. The van der Waals surface area contributed by atoms with Crippen molar-refractivity contribution in [2.75, 3.05) is 10.7 Å². The van der Waals surface area contributed by atoms with Gasteiger partial charge in [-0.1, -0.05) is 24.3 Å². The van der Waals surface area contributed by atoms with Gasteiger partial charge in [0, 0.05) is 23.6 Å². The number of amides is 2. The van der Waals surface area contributed by atoms with Gasteiger partial charge in [0.1, 0.15) is 16.5 Å². The van der Waals surface area contributed by atoms with E-state index < -0.39 is 0 Å². The van der Waals surface area contributed by atoms with Crippen molar-refractivity contribution in [3.63, 3.8) is 0 Å². The number of thioether (sulfide) groups is 1. The molecule has 0 radical (unpaired) electrons. The maximum atomic E-state index is 12.8. The van der Waals surface area contributed by atoms with Gasteiger partial charge in [0.2, 0.25) is 0 Å². The standard InChI is InChI=1S/C20H15N3O2S/c24-20-22-16-12-26-19-18(16)17(9-10-21-19)23(20)13-5-4-8-15(11-13)25-14-6-2-1-3-7-14/h1-11,16H,12H2,(H,22,24). The van der Waals surface area contributed by atoms with Crippen LogP contribution >= 0.6 is 11.8 Å². The van der Waals surface area contributed by atoms with Crippen molar-refractivity contribution in [1.82, 2.24) is 10.3 Å². The zero-order chi connectivity index (χ0) is 17.5. The van der Waals surface area contributed by atoms with Crippen molar-refractivity contribution in [2.24, 2.45) is 0 Å². The van der Waals surface area contributed by atoms with E-state index in [0.717, 1.165) is 33.5 Å². The Bertz CT molecular complexity index is 993. The Kier molecular flexibility index (Phi) is 3.57. The molecule has 2 aliphatic rings. The van der Waals surface area contributed by atoms with Gasteiger partial charge < -0.3 is 10.1 Å². The average molecular weight is 361 g/mol. The van der Waals surface area contributed by atoms with Crippen LogP contribution in [0.5, 0.6) is 11.5 Å². The van der Waals surface area contributed by atoms with Crippen LogP contribution in [0, 0.1) is 0 Å². The van der Waals surface area contributed by atoms with Crippen molar-refractivity contribution < 1.29 is 9.53 Å². The summed E-state index contributed by atoms with van der Waals surface area (Å²) in [6.07, 6.45) is 1.76. The minimum atomic E-state index is -0.126. The van der Waals surface area contributed by atoms with E-state index in [2.05, 4.69) is 10.3 Å². The second kappa shape index (κ2) is 6.07. The molecule has 128 valence electrons. The van der Waals surface area contributed by atoms with Crippen LogP contribution < -0.4 is 15.0 Å². The molecule has 1 atom stereocenters. The van der Waals surface area contributed by atoms with Crippen LogP contribution in [0.4, 0.5) is 16.2 Å². The topological polar surface area (TPSA) is 54.5 Å². The van der Waals surface area contributed by atoms with Crippen LogP contribution in [0.15, 0.2) is 71.9 Å². The predicted octanol–water partition coefficient (Wildman–Crippen LogP) is 4.88. The summed E-state index contributed by atoms with van der Waals surface area (Å²) in [5.74, 6) is 2.27. The van der Waals surface area contributed by atoms with E-state index in [1.54, 1.807) is 22.9 Å². The summed E-state index contributed by atoms with van der Waals surface area (Å²) in [5.41, 5.74) is 2.76. The number of para-hydroxylation sites is 1. The van der Waals surface area contributed by atoms with E-state index in [4.69, 9.17) is 4.74 Å². The minimum absolute atomic E-state index is 0.0335. The molecule has 2 amide bonds. The van der Waals surface area contributed by atoms with Gasteiger partial charge in [-0.25, -0.2) is 9.78 Å². The Balaban J connectivity index is 1.54. The molecule has 6 heteroatoms. The fourth-order valence-corrected chi connectivity index (χ4v) is 4.44. The SMILES string of the molecule is O=C1NC2CSc3nccc(c32)N1c1cccc(Oc2ccccc2)c1. The third-order valence-electron chi connectivity index (χ3n) is 4.46. The summed E-state index contributed by atoms with van der Waals surface area (Å²) in [6, 6.07) is 19.0. The molecular formula is C20H15N3O2S. The molecule has 0 saturated heterocycles. The molecule has 3 heterocycles. The highest BCUT2D eigenvalue weighted by atomic mass is 32.2. The van der Waals surface area contributed by atoms with E-state index in [1.807, 2.05) is 60.7 Å². The highest BCUT2D eigenvalue weighted by Gasteiger charge is 2.37. The van der Waals surface area contributed by atoms with E-state index in [-0.39, 0.29) is 12.1 Å². The molecule has 0 aliphatic carbocycles. The second-order valence-corrected chi connectivity index (χ2v) is 7.12. The smallest absolute Gasteiger partial charge is 0.327 e. The molecule has 0 fully saturated rings. The first-order valence-corrected chi connectivity index (χ1v) is 9.33. The lowest BCUT2D eigenvalue weighted by Gasteiger charge is -2.32. The average Bonchev–Trinajstić information content (AvgIpc) is 3.07. The van der Waals surface area contributed by atoms with Crippen LogP contribution in [-0.4, -0.2) is 16.8 Å². The highest BCUT2D eigenvalue weighted by molar-refractivity contribution is 7.99. The zero-order valence-electron chi connectivity index (χ0n) is 13.8. The predicted molar refractivity (Wildman–Crippen MR) is 101 cm³/mol. The number of aromatic nitrogens is 1. The number of hydrogen-bond donors (Lipinski definition) is 1. The van der Waals surface area contributed by atoms with Crippen LogP contribution in [0.1, 0.15) is 11.6 Å². The molecule has 1 unspecified atom stereocenters. The normalized spacial score (nSPS) is 17.6. The molecule has 1 aromatic heterocycles. The number of nitrogens with zero attached hydrogens (tertiary/aromatic N) is 2. The minimum Gasteiger partial charge on any atom is -0.457 e. The Morgan fingerprint density at radius 1 is 1.08 bits per heavy atom.